The Kier molecular flexibility index (Phi) is 7.28. The second-order valence-corrected chi connectivity index (χ2v) is 7.67. The number of amides is 1. The summed E-state index contributed by atoms with van der Waals surface area (Å²) in [5, 5.41) is 11.7. The highest BCUT2D eigenvalue weighted by molar-refractivity contribution is 5.92. The number of nitrogens with one attached hydrogen (secondary N) is 1. The molecule has 164 valence electrons. The van der Waals surface area contributed by atoms with Gasteiger partial charge in [0.05, 0.1) is 5.56 Å². The van der Waals surface area contributed by atoms with Gasteiger partial charge in [0.25, 0.3) is 5.91 Å². The Morgan fingerprint density at radius 3 is 2.74 bits per heavy atom. The zero-order chi connectivity index (χ0) is 22.4. The largest absolute Gasteiger partial charge is 0.484 e. The summed E-state index contributed by atoms with van der Waals surface area (Å²) in [6, 6.07) is 11.9. The molecule has 1 amide bonds. The van der Waals surface area contributed by atoms with E-state index in [9.17, 15) is 19.5 Å². The van der Waals surface area contributed by atoms with Crippen LogP contribution in [0.3, 0.4) is 0 Å². The van der Waals surface area contributed by atoms with Gasteiger partial charge in [-0.05, 0) is 48.2 Å². The number of hydrogen-bond donors (Lipinski definition) is 2. The van der Waals surface area contributed by atoms with Crippen LogP contribution in [-0.4, -0.2) is 35.6 Å². The number of aliphatic carboxylic acids is 1. The van der Waals surface area contributed by atoms with Crippen LogP contribution in [0.4, 0.5) is 0 Å². The van der Waals surface area contributed by atoms with Crippen molar-refractivity contribution in [3.63, 3.8) is 0 Å². The average Bonchev–Trinajstić information content (AvgIpc) is 2.75. The number of carboxylic acid groups (broad SMARTS) is 1. The molecular formula is C24H27NO6. The second-order valence-electron chi connectivity index (χ2n) is 7.67. The Morgan fingerprint density at radius 2 is 2.03 bits per heavy atom. The van der Waals surface area contributed by atoms with E-state index >= 15 is 0 Å². The van der Waals surface area contributed by atoms with Gasteiger partial charge in [0.15, 0.2) is 6.61 Å². The van der Waals surface area contributed by atoms with E-state index in [0.29, 0.717) is 24.2 Å². The number of unbranched alkanes of at least 4 members (excludes halogenated alkanes) is 1. The van der Waals surface area contributed by atoms with Crippen molar-refractivity contribution in [2.75, 3.05) is 6.61 Å². The molecule has 7 nitrogen and oxygen atoms in total. The summed E-state index contributed by atoms with van der Waals surface area (Å²) in [7, 11) is 0. The SMILES string of the molecule is CCCC[C@H](NC(=O)COc1ccc([C@@H]2Cc3ccccc3C(=O)O2)cc1C)C(=O)O. The van der Waals surface area contributed by atoms with Crippen LogP contribution in [0.25, 0.3) is 0 Å². The first kappa shape index (κ1) is 22.3. The molecule has 0 fully saturated rings. The molecule has 2 aromatic carbocycles. The smallest absolute Gasteiger partial charge is 0.339 e. The molecule has 1 heterocycles. The summed E-state index contributed by atoms with van der Waals surface area (Å²) >= 11 is 0. The number of carboxylic acids is 1. The van der Waals surface area contributed by atoms with E-state index in [4.69, 9.17) is 9.47 Å². The van der Waals surface area contributed by atoms with Gasteiger partial charge in [0.2, 0.25) is 0 Å². The topological polar surface area (TPSA) is 102 Å². The summed E-state index contributed by atoms with van der Waals surface area (Å²) in [5.74, 6) is -1.35. The van der Waals surface area contributed by atoms with Gasteiger partial charge in [-0.15, -0.1) is 0 Å². The highest BCUT2D eigenvalue weighted by Crippen LogP contribution is 2.32. The molecule has 0 radical (unpaired) electrons. The van der Waals surface area contributed by atoms with Crippen LogP contribution < -0.4 is 10.1 Å². The molecule has 7 heteroatoms. The fourth-order valence-corrected chi connectivity index (χ4v) is 3.60. The Hall–Kier alpha value is -3.35. The maximum absolute atomic E-state index is 12.3. The lowest BCUT2D eigenvalue weighted by molar-refractivity contribution is -0.142. The third-order valence-corrected chi connectivity index (χ3v) is 5.30. The Balaban J connectivity index is 1.60. The van der Waals surface area contributed by atoms with Crippen molar-refractivity contribution in [1.29, 1.82) is 0 Å². The maximum atomic E-state index is 12.3. The molecule has 2 aromatic rings. The molecule has 31 heavy (non-hydrogen) atoms. The van der Waals surface area contributed by atoms with E-state index in [2.05, 4.69) is 5.32 Å². The van der Waals surface area contributed by atoms with Crippen molar-refractivity contribution in [3.05, 3.63) is 64.7 Å². The van der Waals surface area contributed by atoms with Gasteiger partial charge in [-0.2, -0.15) is 0 Å². The minimum Gasteiger partial charge on any atom is -0.484 e. The Morgan fingerprint density at radius 1 is 1.26 bits per heavy atom. The molecule has 0 unspecified atom stereocenters. The minimum absolute atomic E-state index is 0.276. The Labute approximate surface area is 181 Å². The van der Waals surface area contributed by atoms with Gasteiger partial charge in [-0.25, -0.2) is 9.59 Å². The van der Waals surface area contributed by atoms with E-state index in [1.165, 1.54) is 0 Å². The van der Waals surface area contributed by atoms with E-state index in [1.807, 2.05) is 44.2 Å². The molecule has 0 bridgehead atoms. The van der Waals surface area contributed by atoms with E-state index in [0.717, 1.165) is 29.5 Å². The normalized spacial score (nSPS) is 16.1. The summed E-state index contributed by atoms with van der Waals surface area (Å²) in [6.45, 7) is 3.53. The lowest BCUT2D eigenvalue weighted by Crippen LogP contribution is -2.42. The van der Waals surface area contributed by atoms with Crippen molar-refractivity contribution < 1.29 is 29.0 Å². The van der Waals surface area contributed by atoms with Crippen LogP contribution in [0.1, 0.15) is 59.3 Å². The van der Waals surface area contributed by atoms with E-state index in [-0.39, 0.29) is 18.7 Å². The fraction of sp³-hybridized carbons (Fsp3) is 0.375. The first-order chi connectivity index (χ1) is 14.9. The van der Waals surface area contributed by atoms with Crippen LogP contribution in [0.2, 0.25) is 0 Å². The molecule has 1 aliphatic heterocycles. The van der Waals surface area contributed by atoms with Gasteiger partial charge >= 0.3 is 11.9 Å². The van der Waals surface area contributed by atoms with Crippen LogP contribution >= 0.6 is 0 Å². The number of carbonyl (C=O) groups is 3. The third-order valence-electron chi connectivity index (χ3n) is 5.30. The van der Waals surface area contributed by atoms with Crippen molar-refractivity contribution in [1.82, 2.24) is 5.32 Å². The van der Waals surface area contributed by atoms with Crippen LogP contribution in [-0.2, 0) is 20.7 Å². The zero-order valence-corrected chi connectivity index (χ0v) is 17.7. The number of aryl methyl sites for hydroxylation is 1. The van der Waals surface area contributed by atoms with Crippen LogP contribution in [0.5, 0.6) is 5.75 Å². The summed E-state index contributed by atoms with van der Waals surface area (Å²) in [6.07, 6.45) is 2.17. The first-order valence-corrected chi connectivity index (χ1v) is 10.4. The Bertz CT molecular complexity index is 970. The molecule has 2 atom stereocenters. The van der Waals surface area contributed by atoms with Crippen molar-refractivity contribution in [2.24, 2.45) is 0 Å². The molecule has 2 N–H and O–H groups in total. The number of benzene rings is 2. The molecule has 0 saturated heterocycles. The van der Waals surface area contributed by atoms with Gasteiger partial charge in [-0.1, -0.05) is 44.0 Å². The molecule has 0 saturated carbocycles. The molecule has 1 aliphatic rings. The molecule has 0 aliphatic carbocycles. The van der Waals surface area contributed by atoms with Gasteiger partial charge in [0.1, 0.15) is 17.9 Å². The lowest BCUT2D eigenvalue weighted by atomic mass is 9.94. The third kappa shape index (κ3) is 5.63. The van der Waals surface area contributed by atoms with Crippen LogP contribution in [0, 0.1) is 6.92 Å². The lowest BCUT2D eigenvalue weighted by Gasteiger charge is -2.25. The minimum atomic E-state index is -1.05. The zero-order valence-electron chi connectivity index (χ0n) is 17.7. The van der Waals surface area contributed by atoms with Crippen LogP contribution in [0.15, 0.2) is 42.5 Å². The summed E-state index contributed by atoms with van der Waals surface area (Å²) in [5.41, 5.74) is 3.19. The number of cyclic esters (lactones) is 1. The number of ether oxygens (including phenoxy) is 2. The fourth-order valence-electron chi connectivity index (χ4n) is 3.60. The molecule has 3 rings (SSSR count). The van der Waals surface area contributed by atoms with Gasteiger partial charge in [0, 0.05) is 6.42 Å². The molecular weight excluding hydrogens is 398 g/mol. The number of esters is 1. The number of rotatable bonds is 9. The van der Waals surface area contributed by atoms with E-state index < -0.39 is 17.9 Å². The second kappa shape index (κ2) is 10.1. The summed E-state index contributed by atoms with van der Waals surface area (Å²) in [4.78, 5) is 35.6. The van der Waals surface area contributed by atoms with Gasteiger partial charge < -0.3 is 19.9 Å². The van der Waals surface area contributed by atoms with Crippen molar-refractivity contribution in [2.45, 2.75) is 51.7 Å². The molecule has 0 spiro atoms. The summed E-state index contributed by atoms with van der Waals surface area (Å²) < 4.78 is 11.2. The van der Waals surface area contributed by atoms with Crippen molar-refractivity contribution >= 4 is 17.8 Å². The maximum Gasteiger partial charge on any atom is 0.339 e. The number of fused-ring (bicyclic) bond motifs is 1. The number of carbonyl (C=O) groups excluding carboxylic acids is 2. The predicted molar refractivity (Wildman–Crippen MR) is 114 cm³/mol. The highest BCUT2D eigenvalue weighted by atomic mass is 16.5. The predicted octanol–water partition coefficient (Wildman–Crippen LogP) is 3.59. The average molecular weight is 425 g/mol. The monoisotopic (exact) mass is 425 g/mol. The van der Waals surface area contributed by atoms with Crippen molar-refractivity contribution in [3.8, 4) is 5.75 Å². The standard InChI is InChI=1S/C24H27NO6/c1-3-4-9-19(23(27)28)25-22(26)14-30-20-11-10-17(12-15(20)2)21-13-16-7-5-6-8-18(16)24(29)31-21/h5-8,10-12,19,21H,3-4,9,13-14H2,1-2H3,(H,25,26)(H,27,28)/t19-,21-/m0/s1. The first-order valence-electron chi connectivity index (χ1n) is 10.4. The highest BCUT2D eigenvalue weighted by Gasteiger charge is 2.27. The quantitative estimate of drug-likeness (QED) is 0.596. The number of hydrogen-bond acceptors (Lipinski definition) is 5. The van der Waals surface area contributed by atoms with E-state index in [1.54, 1.807) is 12.1 Å². The van der Waals surface area contributed by atoms with Gasteiger partial charge in [-0.3, -0.25) is 4.79 Å². The molecule has 0 aromatic heterocycles.